The Bertz CT molecular complexity index is 439. The third-order valence-corrected chi connectivity index (χ3v) is 8.43. The summed E-state index contributed by atoms with van der Waals surface area (Å²) in [6.45, 7) is 5.22. The third kappa shape index (κ3) is 1.84. The Labute approximate surface area is 132 Å². The van der Waals surface area contributed by atoms with Gasteiger partial charge in [0.05, 0.1) is 0 Å². The van der Waals surface area contributed by atoms with Gasteiger partial charge < -0.3 is 0 Å². The second-order valence-electron chi connectivity index (χ2n) is 8.70. The van der Waals surface area contributed by atoms with E-state index in [9.17, 15) is 0 Å². The maximum atomic E-state index is 3.95. The number of hydrogen-bond donors (Lipinski definition) is 0. The average Bonchev–Trinajstić information content (AvgIpc) is 2.72. The van der Waals surface area contributed by atoms with Gasteiger partial charge in [0, 0.05) is 4.83 Å². The Kier molecular flexibility index (Phi) is 3.19. The Hall–Kier alpha value is 0.220. The fraction of sp³-hybridized carbons (Fsp3) is 0.895. The molecule has 0 saturated heterocycles. The van der Waals surface area contributed by atoms with Crippen LogP contribution in [-0.4, -0.2) is 4.83 Å². The van der Waals surface area contributed by atoms with E-state index in [-0.39, 0.29) is 0 Å². The van der Waals surface area contributed by atoms with Crippen LogP contribution in [0.3, 0.4) is 0 Å². The molecule has 3 saturated carbocycles. The van der Waals surface area contributed by atoms with Crippen LogP contribution in [0.15, 0.2) is 11.6 Å². The summed E-state index contributed by atoms with van der Waals surface area (Å²) in [4.78, 5) is 0.792. The molecule has 6 atom stereocenters. The van der Waals surface area contributed by atoms with Gasteiger partial charge in [-0.3, -0.25) is 0 Å². The van der Waals surface area contributed by atoms with Crippen molar-refractivity contribution in [3.63, 3.8) is 0 Å². The van der Waals surface area contributed by atoms with E-state index in [1.807, 2.05) is 5.57 Å². The Morgan fingerprint density at radius 2 is 2.00 bits per heavy atom. The van der Waals surface area contributed by atoms with Gasteiger partial charge in [-0.1, -0.05) is 47.8 Å². The van der Waals surface area contributed by atoms with E-state index in [1.165, 1.54) is 57.8 Å². The molecule has 0 heterocycles. The van der Waals surface area contributed by atoms with Gasteiger partial charge in [-0.2, -0.15) is 0 Å². The maximum absolute atomic E-state index is 3.95. The van der Waals surface area contributed by atoms with Crippen molar-refractivity contribution in [3.8, 4) is 0 Å². The first-order valence-corrected chi connectivity index (χ1v) is 9.78. The minimum absolute atomic E-state index is 0.576. The van der Waals surface area contributed by atoms with Crippen molar-refractivity contribution in [2.75, 3.05) is 0 Å². The minimum Gasteiger partial charge on any atom is -0.0890 e. The molecule has 1 heteroatoms. The fourth-order valence-electron chi connectivity index (χ4n) is 6.67. The zero-order chi connectivity index (χ0) is 14.0. The van der Waals surface area contributed by atoms with Gasteiger partial charge in [-0.25, -0.2) is 0 Å². The maximum Gasteiger partial charge on any atom is 0.0154 e. The number of alkyl halides is 1. The molecule has 4 aliphatic carbocycles. The standard InChI is InChI=1S/C19H29Br/c1-18-10-8-16-15(17(18)11-14(20)12-18)7-6-13-5-3-4-9-19(13,16)2/h6,14-17H,3-5,7-12H2,1-2H3/t14?,15-,16-,17+,18-,19+/m1/s1. The molecule has 112 valence electrons. The van der Waals surface area contributed by atoms with Crippen LogP contribution in [-0.2, 0) is 0 Å². The summed E-state index contributed by atoms with van der Waals surface area (Å²) in [5, 5.41) is 0. The molecule has 0 aliphatic heterocycles. The number of allylic oxidation sites excluding steroid dienone is 2. The molecular weight excluding hydrogens is 308 g/mol. The number of halogens is 1. The fourth-order valence-corrected chi connectivity index (χ4v) is 7.81. The molecule has 0 N–H and O–H groups in total. The molecule has 0 radical (unpaired) electrons. The van der Waals surface area contributed by atoms with E-state index in [2.05, 4.69) is 35.9 Å². The van der Waals surface area contributed by atoms with Crippen LogP contribution in [0, 0.1) is 28.6 Å². The summed E-state index contributed by atoms with van der Waals surface area (Å²) in [6, 6.07) is 0. The summed E-state index contributed by atoms with van der Waals surface area (Å²) in [6.07, 6.45) is 15.7. The molecule has 4 aliphatic rings. The first-order chi connectivity index (χ1) is 9.53. The van der Waals surface area contributed by atoms with Gasteiger partial charge in [0.1, 0.15) is 0 Å². The molecule has 3 fully saturated rings. The molecule has 4 rings (SSSR count). The van der Waals surface area contributed by atoms with Crippen LogP contribution < -0.4 is 0 Å². The topological polar surface area (TPSA) is 0 Å². The zero-order valence-electron chi connectivity index (χ0n) is 13.1. The molecule has 0 aromatic heterocycles. The molecular formula is C19H29Br. The van der Waals surface area contributed by atoms with Gasteiger partial charge in [0.15, 0.2) is 0 Å². The molecule has 1 unspecified atom stereocenters. The van der Waals surface area contributed by atoms with Crippen molar-refractivity contribution in [1.29, 1.82) is 0 Å². The SMILES string of the molecule is C[C@]12CC[C@@H]3[C@@H](CC=C4CCCC[C@@]43C)[C@@H]1CC(Br)C2. The van der Waals surface area contributed by atoms with Crippen LogP contribution in [0.4, 0.5) is 0 Å². The molecule has 0 aromatic rings. The molecule has 0 amide bonds. The summed E-state index contributed by atoms with van der Waals surface area (Å²) >= 11 is 3.95. The second kappa shape index (κ2) is 4.61. The first-order valence-electron chi connectivity index (χ1n) is 8.86. The van der Waals surface area contributed by atoms with Crippen molar-refractivity contribution < 1.29 is 0 Å². The summed E-state index contributed by atoms with van der Waals surface area (Å²) in [5.74, 6) is 2.98. The Balaban J connectivity index is 1.69. The van der Waals surface area contributed by atoms with Crippen molar-refractivity contribution >= 4 is 15.9 Å². The van der Waals surface area contributed by atoms with Gasteiger partial charge in [0.25, 0.3) is 0 Å². The Morgan fingerprint density at radius 1 is 1.15 bits per heavy atom. The number of fused-ring (bicyclic) bond motifs is 5. The van der Waals surface area contributed by atoms with Crippen LogP contribution >= 0.6 is 15.9 Å². The summed E-state index contributed by atoms with van der Waals surface area (Å²) < 4.78 is 0. The first kappa shape index (κ1) is 13.9. The largest absolute Gasteiger partial charge is 0.0890 e. The second-order valence-corrected chi connectivity index (χ2v) is 9.99. The van der Waals surface area contributed by atoms with E-state index < -0.39 is 0 Å². The van der Waals surface area contributed by atoms with E-state index in [4.69, 9.17) is 0 Å². The number of rotatable bonds is 0. The lowest BCUT2D eigenvalue weighted by molar-refractivity contribution is -0.0248. The van der Waals surface area contributed by atoms with Gasteiger partial charge in [0.2, 0.25) is 0 Å². The quantitative estimate of drug-likeness (QED) is 0.370. The monoisotopic (exact) mass is 336 g/mol. The summed E-state index contributed by atoms with van der Waals surface area (Å²) in [7, 11) is 0. The minimum atomic E-state index is 0.576. The number of hydrogen-bond acceptors (Lipinski definition) is 0. The lowest BCUT2D eigenvalue weighted by atomic mass is 9.48. The van der Waals surface area contributed by atoms with Crippen LogP contribution in [0.1, 0.15) is 71.6 Å². The zero-order valence-corrected chi connectivity index (χ0v) is 14.7. The van der Waals surface area contributed by atoms with E-state index in [0.717, 1.165) is 22.6 Å². The molecule has 0 bridgehead atoms. The van der Waals surface area contributed by atoms with E-state index in [0.29, 0.717) is 10.8 Å². The predicted molar refractivity (Wildman–Crippen MR) is 89.0 cm³/mol. The van der Waals surface area contributed by atoms with Crippen molar-refractivity contribution in [2.24, 2.45) is 28.6 Å². The normalized spacial score (nSPS) is 54.6. The highest BCUT2D eigenvalue weighted by atomic mass is 79.9. The van der Waals surface area contributed by atoms with Crippen molar-refractivity contribution in [2.45, 2.75) is 76.5 Å². The van der Waals surface area contributed by atoms with E-state index in [1.54, 1.807) is 0 Å². The average molecular weight is 337 g/mol. The third-order valence-electron chi connectivity index (χ3n) is 7.73. The highest BCUT2D eigenvalue weighted by molar-refractivity contribution is 9.09. The highest BCUT2D eigenvalue weighted by Gasteiger charge is 2.56. The van der Waals surface area contributed by atoms with Crippen LogP contribution in [0.25, 0.3) is 0 Å². The predicted octanol–water partition coefficient (Wildman–Crippen LogP) is 6.10. The lowest BCUT2D eigenvalue weighted by Crippen LogP contribution is -2.48. The van der Waals surface area contributed by atoms with Gasteiger partial charge >= 0.3 is 0 Å². The van der Waals surface area contributed by atoms with Crippen molar-refractivity contribution in [3.05, 3.63) is 11.6 Å². The van der Waals surface area contributed by atoms with Gasteiger partial charge in [-0.15, -0.1) is 0 Å². The molecule has 0 spiro atoms. The smallest absolute Gasteiger partial charge is 0.0154 e. The van der Waals surface area contributed by atoms with Crippen molar-refractivity contribution in [1.82, 2.24) is 0 Å². The van der Waals surface area contributed by atoms with Crippen LogP contribution in [0.5, 0.6) is 0 Å². The molecule has 0 aromatic carbocycles. The summed E-state index contributed by atoms with van der Waals surface area (Å²) in [5.41, 5.74) is 3.07. The molecule has 20 heavy (non-hydrogen) atoms. The Morgan fingerprint density at radius 3 is 2.85 bits per heavy atom. The highest BCUT2D eigenvalue weighted by Crippen LogP contribution is 2.65. The van der Waals surface area contributed by atoms with E-state index >= 15 is 0 Å². The van der Waals surface area contributed by atoms with Crippen LogP contribution in [0.2, 0.25) is 0 Å². The molecule has 0 nitrogen and oxygen atoms in total. The van der Waals surface area contributed by atoms with Gasteiger partial charge in [-0.05, 0) is 80.0 Å². The lowest BCUT2D eigenvalue weighted by Gasteiger charge is -2.56.